The molecule has 1 amide bonds. The minimum Gasteiger partial charge on any atom is -0.463 e. The lowest BCUT2D eigenvalue weighted by molar-refractivity contribution is 0.0365. The molecule has 1 aromatic carbocycles. The van der Waals surface area contributed by atoms with E-state index in [9.17, 15) is 17.6 Å². The number of carbonyl (C=O) groups is 1. The summed E-state index contributed by atoms with van der Waals surface area (Å²) in [6.45, 7) is 1.46. The molecule has 2 aliphatic rings. The van der Waals surface area contributed by atoms with Crippen molar-refractivity contribution in [2.24, 2.45) is 0 Å². The third kappa shape index (κ3) is 2.69. The quantitative estimate of drug-likeness (QED) is 0.794. The first kappa shape index (κ1) is 17.9. The number of piperazine rings is 1. The lowest BCUT2D eigenvalue weighted by atomic mass is 9.95. The molecule has 3 heterocycles. The number of ether oxygens (including phenoxy) is 1. The lowest BCUT2D eigenvalue weighted by Gasteiger charge is -2.44. The maximum Gasteiger partial charge on any atom is 0.256 e. The molecule has 2 aromatic rings. The van der Waals surface area contributed by atoms with Crippen LogP contribution in [0.15, 0.2) is 47.5 Å². The maximum atomic E-state index is 13.1. The summed E-state index contributed by atoms with van der Waals surface area (Å²) in [5.74, 6) is 0.137. The highest BCUT2D eigenvalue weighted by molar-refractivity contribution is 7.89. The van der Waals surface area contributed by atoms with Crippen LogP contribution in [-0.2, 0) is 15.6 Å². The van der Waals surface area contributed by atoms with Gasteiger partial charge >= 0.3 is 0 Å². The molecule has 0 radical (unpaired) electrons. The zero-order chi connectivity index (χ0) is 19.2. The number of rotatable bonds is 4. The number of carbonyl (C=O) groups excluding carboxylic acids is 1. The van der Waals surface area contributed by atoms with E-state index in [4.69, 9.17) is 4.74 Å². The van der Waals surface area contributed by atoms with E-state index < -0.39 is 22.4 Å². The second kappa shape index (κ2) is 6.28. The van der Waals surface area contributed by atoms with Gasteiger partial charge in [-0.1, -0.05) is 0 Å². The molecular formula is C18H18FN3O4S. The van der Waals surface area contributed by atoms with Crippen molar-refractivity contribution in [3.8, 4) is 5.75 Å². The normalized spacial score (nSPS) is 22.4. The van der Waals surface area contributed by atoms with Crippen LogP contribution in [0.25, 0.3) is 0 Å². The van der Waals surface area contributed by atoms with Crippen molar-refractivity contribution < 1.29 is 22.3 Å². The van der Waals surface area contributed by atoms with Gasteiger partial charge in [-0.2, -0.15) is 4.31 Å². The molecule has 1 atom stereocenters. The minimum absolute atomic E-state index is 0.0938. The average molecular weight is 391 g/mol. The lowest BCUT2D eigenvalue weighted by Crippen LogP contribution is -2.58. The number of aromatic nitrogens is 1. The number of fused-ring (bicyclic) bond motifs is 3. The predicted octanol–water partition coefficient (Wildman–Crippen LogP) is 1.76. The van der Waals surface area contributed by atoms with Crippen molar-refractivity contribution in [1.29, 1.82) is 0 Å². The Balaban J connectivity index is 1.66. The molecule has 1 saturated heterocycles. The summed E-state index contributed by atoms with van der Waals surface area (Å²) < 4.78 is 44.5. The van der Waals surface area contributed by atoms with Crippen LogP contribution >= 0.6 is 0 Å². The predicted molar refractivity (Wildman–Crippen MR) is 94.4 cm³/mol. The minimum atomic E-state index is -3.77. The fraction of sp³-hybridized carbons (Fsp3) is 0.333. The Morgan fingerprint density at radius 1 is 1.22 bits per heavy atom. The van der Waals surface area contributed by atoms with Gasteiger partial charge in [0.2, 0.25) is 16.9 Å². The fourth-order valence-corrected chi connectivity index (χ4v) is 5.29. The zero-order valence-corrected chi connectivity index (χ0v) is 15.4. The number of hydrogen-bond donors (Lipinski definition) is 0. The third-order valence-corrected chi connectivity index (χ3v) is 6.99. The van der Waals surface area contributed by atoms with Crippen LogP contribution in [0.3, 0.4) is 0 Å². The molecule has 7 nitrogen and oxygen atoms in total. The molecule has 142 valence electrons. The summed E-state index contributed by atoms with van der Waals surface area (Å²) in [6.07, 6.45) is 1.61. The molecule has 4 rings (SSSR count). The van der Waals surface area contributed by atoms with Crippen LogP contribution in [-0.4, -0.2) is 55.0 Å². The molecule has 0 bridgehead atoms. The Morgan fingerprint density at radius 2 is 1.96 bits per heavy atom. The van der Waals surface area contributed by atoms with E-state index >= 15 is 0 Å². The van der Waals surface area contributed by atoms with Gasteiger partial charge in [0.15, 0.2) is 0 Å². The van der Waals surface area contributed by atoms with E-state index in [2.05, 4.69) is 4.98 Å². The number of alkyl halides is 1. The van der Waals surface area contributed by atoms with Gasteiger partial charge in [-0.3, -0.25) is 9.78 Å². The first-order valence-corrected chi connectivity index (χ1v) is 9.88. The van der Waals surface area contributed by atoms with Crippen molar-refractivity contribution in [2.45, 2.75) is 17.4 Å². The Hall–Kier alpha value is -2.52. The van der Waals surface area contributed by atoms with Crippen LogP contribution in [0.5, 0.6) is 5.75 Å². The highest BCUT2D eigenvalue weighted by Gasteiger charge is 2.52. The van der Waals surface area contributed by atoms with Crippen LogP contribution in [0.1, 0.15) is 23.0 Å². The first-order chi connectivity index (χ1) is 12.9. The monoisotopic (exact) mass is 391 g/mol. The molecule has 27 heavy (non-hydrogen) atoms. The van der Waals surface area contributed by atoms with E-state index in [-0.39, 0.29) is 36.2 Å². The van der Waals surface area contributed by atoms with Gasteiger partial charge < -0.3 is 9.64 Å². The fourth-order valence-electron chi connectivity index (χ4n) is 3.77. The van der Waals surface area contributed by atoms with E-state index in [1.807, 2.05) is 6.92 Å². The Kier molecular flexibility index (Phi) is 4.15. The van der Waals surface area contributed by atoms with Crippen molar-refractivity contribution in [2.75, 3.05) is 26.5 Å². The van der Waals surface area contributed by atoms with Crippen LogP contribution < -0.4 is 4.74 Å². The van der Waals surface area contributed by atoms with Crippen LogP contribution in [0.2, 0.25) is 0 Å². The second-order valence-corrected chi connectivity index (χ2v) is 8.63. The van der Waals surface area contributed by atoms with Crippen LogP contribution in [0.4, 0.5) is 4.39 Å². The van der Waals surface area contributed by atoms with Crippen molar-refractivity contribution in [3.05, 3.63) is 53.9 Å². The SMILES string of the molecule is CC12CN(S(=O)(=O)c3ccc(OCF)cc3)CCN1C(=O)c1cccnc12. The van der Waals surface area contributed by atoms with Gasteiger partial charge in [-0.15, -0.1) is 0 Å². The van der Waals surface area contributed by atoms with E-state index in [0.717, 1.165) is 0 Å². The average Bonchev–Trinajstić information content (AvgIpc) is 2.90. The van der Waals surface area contributed by atoms with Crippen molar-refractivity contribution in [3.63, 3.8) is 0 Å². The number of nitrogens with zero attached hydrogens (tertiary/aromatic N) is 3. The van der Waals surface area contributed by atoms with Gasteiger partial charge in [0.25, 0.3) is 5.91 Å². The smallest absolute Gasteiger partial charge is 0.256 e. The Bertz CT molecular complexity index is 996. The Morgan fingerprint density at radius 3 is 2.67 bits per heavy atom. The van der Waals surface area contributed by atoms with Gasteiger partial charge in [0.05, 0.1) is 21.7 Å². The molecule has 9 heteroatoms. The number of amides is 1. The zero-order valence-electron chi connectivity index (χ0n) is 14.6. The highest BCUT2D eigenvalue weighted by atomic mass is 32.2. The summed E-state index contributed by atoms with van der Waals surface area (Å²) in [6, 6.07) is 9.04. The number of benzene rings is 1. The van der Waals surface area contributed by atoms with Crippen molar-refractivity contribution in [1.82, 2.24) is 14.2 Å². The molecule has 0 saturated carbocycles. The standard InChI is InChI=1S/C18H18FN3O4S/c1-18-11-21(27(24,25)14-6-4-13(5-7-14)26-12-19)9-10-22(18)17(23)15-3-2-8-20-16(15)18/h2-8H,9-12H2,1H3. The molecule has 1 aromatic heterocycles. The van der Waals surface area contributed by atoms with E-state index in [1.54, 1.807) is 23.2 Å². The molecule has 0 spiro atoms. The molecular weight excluding hydrogens is 373 g/mol. The largest absolute Gasteiger partial charge is 0.463 e. The first-order valence-electron chi connectivity index (χ1n) is 8.44. The van der Waals surface area contributed by atoms with Gasteiger partial charge in [-0.05, 0) is 43.3 Å². The van der Waals surface area contributed by atoms with Gasteiger partial charge in [0.1, 0.15) is 5.75 Å². The summed E-state index contributed by atoms with van der Waals surface area (Å²) in [7, 11) is -3.77. The highest BCUT2D eigenvalue weighted by Crippen LogP contribution is 2.41. The van der Waals surface area contributed by atoms with Gasteiger partial charge in [-0.25, -0.2) is 12.8 Å². The van der Waals surface area contributed by atoms with Gasteiger partial charge in [0, 0.05) is 25.8 Å². The maximum absolute atomic E-state index is 13.1. The molecule has 1 unspecified atom stereocenters. The molecule has 1 fully saturated rings. The third-order valence-electron chi connectivity index (χ3n) is 5.13. The number of pyridine rings is 1. The summed E-state index contributed by atoms with van der Waals surface area (Å²) in [5.41, 5.74) is 0.310. The molecule has 2 aliphatic heterocycles. The number of hydrogen-bond acceptors (Lipinski definition) is 5. The topological polar surface area (TPSA) is 79.8 Å². The summed E-state index contributed by atoms with van der Waals surface area (Å²) in [4.78, 5) is 18.8. The number of sulfonamides is 1. The molecule has 0 N–H and O–H groups in total. The van der Waals surface area contributed by atoms with Crippen LogP contribution in [0, 0.1) is 0 Å². The Labute approximate surface area is 156 Å². The summed E-state index contributed by atoms with van der Waals surface area (Å²) >= 11 is 0. The van der Waals surface area contributed by atoms with Crippen molar-refractivity contribution >= 4 is 15.9 Å². The van der Waals surface area contributed by atoms with E-state index in [0.29, 0.717) is 11.3 Å². The number of halogens is 1. The molecule has 0 aliphatic carbocycles. The van der Waals surface area contributed by atoms with E-state index in [1.165, 1.54) is 28.6 Å². The summed E-state index contributed by atoms with van der Waals surface area (Å²) in [5, 5.41) is 0. The second-order valence-electron chi connectivity index (χ2n) is 6.69.